The summed E-state index contributed by atoms with van der Waals surface area (Å²) in [4.78, 5) is 3.43. The zero-order valence-electron chi connectivity index (χ0n) is 2.88. The molecule has 0 saturated heterocycles. The van der Waals surface area contributed by atoms with Crippen LogP contribution in [0.25, 0.3) is 0 Å². The maximum absolute atomic E-state index is 3.43. The molecule has 6 heavy (non-hydrogen) atoms. The van der Waals surface area contributed by atoms with Gasteiger partial charge in [0.05, 0.1) is 0 Å². The third-order valence-corrected chi connectivity index (χ3v) is 0.295. The van der Waals surface area contributed by atoms with Crippen molar-refractivity contribution in [1.29, 1.82) is 0 Å². The number of nitrogens with zero attached hydrogens (tertiary/aromatic N) is 2. The molecular formula is C2H3ClN3. The predicted molar refractivity (Wildman–Crippen MR) is 22.5 cm³/mol. The SMILES string of the molecule is Cl.[c]1nc[nH]n1. The molecule has 0 aromatic carbocycles. The number of H-pyrrole nitrogens is 1. The summed E-state index contributed by atoms with van der Waals surface area (Å²) < 4.78 is 0. The molecule has 1 heterocycles. The van der Waals surface area contributed by atoms with Gasteiger partial charge in [0.1, 0.15) is 6.33 Å². The first-order valence-electron chi connectivity index (χ1n) is 1.22. The molecule has 1 radical (unpaired) electrons. The predicted octanol–water partition coefficient (Wildman–Crippen LogP) is 0.0267. The van der Waals surface area contributed by atoms with E-state index in [0.29, 0.717) is 0 Å². The Morgan fingerprint density at radius 1 is 1.67 bits per heavy atom. The van der Waals surface area contributed by atoms with Gasteiger partial charge in [-0.15, -0.1) is 12.4 Å². The second-order valence-corrected chi connectivity index (χ2v) is 0.599. The van der Waals surface area contributed by atoms with E-state index in [0.717, 1.165) is 0 Å². The van der Waals surface area contributed by atoms with Crippen LogP contribution in [0.2, 0.25) is 0 Å². The number of aromatic nitrogens is 3. The van der Waals surface area contributed by atoms with Gasteiger partial charge in [0, 0.05) is 0 Å². The fourth-order valence-corrected chi connectivity index (χ4v) is 0.144. The van der Waals surface area contributed by atoms with Gasteiger partial charge in [-0.25, -0.2) is 4.98 Å². The fraction of sp³-hybridized carbons (Fsp3) is 0. The van der Waals surface area contributed by atoms with Crippen molar-refractivity contribution >= 4 is 12.4 Å². The quantitative estimate of drug-likeness (QED) is 0.505. The maximum Gasteiger partial charge on any atom is 0.220 e. The lowest BCUT2D eigenvalue weighted by molar-refractivity contribution is 1.08. The molecule has 1 aromatic rings. The summed E-state index contributed by atoms with van der Waals surface area (Å²) in [5.41, 5.74) is 0. The van der Waals surface area contributed by atoms with Crippen molar-refractivity contribution in [1.82, 2.24) is 15.2 Å². The van der Waals surface area contributed by atoms with E-state index in [2.05, 4.69) is 21.5 Å². The molecule has 0 bridgehead atoms. The minimum atomic E-state index is 0. The first-order chi connectivity index (χ1) is 2.50. The van der Waals surface area contributed by atoms with Crippen molar-refractivity contribution < 1.29 is 0 Å². The van der Waals surface area contributed by atoms with Crippen LogP contribution < -0.4 is 0 Å². The van der Waals surface area contributed by atoms with E-state index >= 15 is 0 Å². The Hall–Kier alpha value is -0.570. The standard InChI is InChI=1S/C2H2N3.ClH/c1-3-2-5-4-1;/h1H,(H,3,4,5);1H. The first-order valence-corrected chi connectivity index (χ1v) is 1.22. The van der Waals surface area contributed by atoms with Crippen molar-refractivity contribution in [3.63, 3.8) is 0 Å². The second kappa shape index (κ2) is 2.66. The molecule has 0 amide bonds. The summed E-state index contributed by atoms with van der Waals surface area (Å²) in [7, 11) is 0. The summed E-state index contributed by atoms with van der Waals surface area (Å²) in [6.45, 7) is 0. The molecule has 0 unspecified atom stereocenters. The molecular weight excluding hydrogens is 101 g/mol. The van der Waals surface area contributed by atoms with Crippen LogP contribution in [0.3, 0.4) is 0 Å². The monoisotopic (exact) mass is 104 g/mol. The van der Waals surface area contributed by atoms with Gasteiger partial charge in [-0.1, -0.05) is 0 Å². The van der Waals surface area contributed by atoms with Gasteiger partial charge in [0.25, 0.3) is 0 Å². The minimum absolute atomic E-state index is 0. The first kappa shape index (κ1) is 5.43. The van der Waals surface area contributed by atoms with Gasteiger partial charge in [-0.2, -0.15) is 5.10 Å². The number of rotatable bonds is 0. The van der Waals surface area contributed by atoms with Crippen LogP contribution >= 0.6 is 12.4 Å². The summed E-state index contributed by atoms with van der Waals surface area (Å²) in [5.74, 6) is 0. The zero-order chi connectivity index (χ0) is 3.54. The topological polar surface area (TPSA) is 41.6 Å². The molecule has 33 valence electrons. The Morgan fingerprint density at radius 3 is 2.67 bits per heavy atom. The minimum Gasteiger partial charge on any atom is -0.265 e. The lowest BCUT2D eigenvalue weighted by atomic mass is 11.3. The third-order valence-electron chi connectivity index (χ3n) is 0.295. The number of nitrogens with one attached hydrogen (secondary N) is 1. The lowest BCUT2D eigenvalue weighted by Gasteiger charge is -1.45. The second-order valence-electron chi connectivity index (χ2n) is 0.599. The molecule has 4 heteroatoms. The van der Waals surface area contributed by atoms with Gasteiger partial charge < -0.3 is 0 Å². The fourth-order valence-electron chi connectivity index (χ4n) is 0.144. The average molecular weight is 105 g/mol. The molecule has 0 atom stereocenters. The van der Waals surface area contributed by atoms with Crippen molar-refractivity contribution in [3.05, 3.63) is 12.7 Å². The summed E-state index contributed by atoms with van der Waals surface area (Å²) in [5, 5.41) is 5.81. The highest BCUT2D eigenvalue weighted by Gasteiger charge is 1.59. The molecule has 0 fully saturated rings. The van der Waals surface area contributed by atoms with Crippen LogP contribution in [0, 0.1) is 6.33 Å². The molecule has 0 aliphatic rings. The Morgan fingerprint density at radius 2 is 2.50 bits per heavy atom. The highest BCUT2D eigenvalue weighted by molar-refractivity contribution is 5.85. The number of aromatic amines is 1. The summed E-state index contributed by atoms with van der Waals surface area (Å²) in [6, 6.07) is 0. The Labute approximate surface area is 41.2 Å². The molecule has 3 nitrogen and oxygen atoms in total. The molecule has 1 aromatic heterocycles. The van der Waals surface area contributed by atoms with Gasteiger partial charge in [-0.05, 0) is 0 Å². The van der Waals surface area contributed by atoms with Crippen LogP contribution in [-0.2, 0) is 0 Å². The smallest absolute Gasteiger partial charge is 0.220 e. The van der Waals surface area contributed by atoms with Crippen molar-refractivity contribution in [2.45, 2.75) is 0 Å². The third kappa shape index (κ3) is 1.03. The highest BCUT2D eigenvalue weighted by Crippen LogP contribution is 1.51. The van der Waals surface area contributed by atoms with Crippen molar-refractivity contribution in [3.8, 4) is 0 Å². The van der Waals surface area contributed by atoms with Gasteiger partial charge in [0.15, 0.2) is 0 Å². The molecule has 0 aliphatic carbocycles. The van der Waals surface area contributed by atoms with Crippen LogP contribution in [0.15, 0.2) is 6.33 Å². The van der Waals surface area contributed by atoms with Gasteiger partial charge >= 0.3 is 0 Å². The van der Waals surface area contributed by atoms with Crippen molar-refractivity contribution in [2.75, 3.05) is 0 Å². The summed E-state index contributed by atoms with van der Waals surface area (Å²) >= 11 is 0. The average Bonchev–Trinajstić information content (AvgIpc) is 1.76. The molecule has 0 saturated carbocycles. The number of hydrogen-bond donors (Lipinski definition) is 1. The highest BCUT2D eigenvalue weighted by atomic mass is 35.5. The normalized spacial score (nSPS) is 6.67. The van der Waals surface area contributed by atoms with E-state index in [4.69, 9.17) is 0 Å². The van der Waals surface area contributed by atoms with Crippen LogP contribution in [-0.4, -0.2) is 15.2 Å². The number of hydrogen-bond acceptors (Lipinski definition) is 2. The van der Waals surface area contributed by atoms with E-state index in [1.165, 1.54) is 6.33 Å². The van der Waals surface area contributed by atoms with Gasteiger partial charge in [0.2, 0.25) is 6.33 Å². The van der Waals surface area contributed by atoms with Crippen molar-refractivity contribution in [2.24, 2.45) is 0 Å². The van der Waals surface area contributed by atoms with Crippen LogP contribution in [0.1, 0.15) is 0 Å². The van der Waals surface area contributed by atoms with Gasteiger partial charge in [-0.3, -0.25) is 5.10 Å². The molecule has 1 rings (SSSR count). The largest absolute Gasteiger partial charge is 0.265 e. The lowest BCUT2D eigenvalue weighted by Crippen LogP contribution is -1.54. The van der Waals surface area contributed by atoms with E-state index in [9.17, 15) is 0 Å². The summed E-state index contributed by atoms with van der Waals surface area (Å²) in [6.07, 6.45) is 3.76. The Bertz CT molecular complexity index is 65.3. The van der Waals surface area contributed by atoms with E-state index in [-0.39, 0.29) is 12.4 Å². The van der Waals surface area contributed by atoms with Crippen LogP contribution in [0.4, 0.5) is 0 Å². The molecule has 0 aliphatic heterocycles. The zero-order valence-corrected chi connectivity index (χ0v) is 3.70. The molecule has 0 spiro atoms. The number of halogens is 1. The molecule has 1 N–H and O–H groups in total. The van der Waals surface area contributed by atoms with E-state index < -0.39 is 0 Å². The van der Waals surface area contributed by atoms with E-state index in [1.54, 1.807) is 0 Å². The Kier molecular flexibility index (Phi) is 2.40. The van der Waals surface area contributed by atoms with Crippen LogP contribution in [0.5, 0.6) is 0 Å². The van der Waals surface area contributed by atoms with E-state index in [1.807, 2.05) is 0 Å². The Balaban J connectivity index is 0.000000250. The maximum atomic E-state index is 3.43.